The number of rotatable bonds is 5. The van der Waals surface area contributed by atoms with Gasteiger partial charge in [0.05, 0.1) is 12.3 Å². The van der Waals surface area contributed by atoms with Gasteiger partial charge >= 0.3 is 5.97 Å². The van der Waals surface area contributed by atoms with Crippen LogP contribution in [-0.4, -0.2) is 18.8 Å². The number of carbonyl (C=O) groups excluding carboxylic acids is 1. The van der Waals surface area contributed by atoms with Gasteiger partial charge in [0, 0.05) is 21.3 Å². The summed E-state index contributed by atoms with van der Waals surface area (Å²) < 4.78 is 5.11. The van der Waals surface area contributed by atoms with Crippen LogP contribution in [-0.2, 0) is 9.53 Å². The Morgan fingerprint density at radius 2 is 1.70 bits per heavy atom. The summed E-state index contributed by atoms with van der Waals surface area (Å²) in [6.07, 6.45) is 1.52. The SMILES string of the molecule is CCOC(=O)C(C=Nc1cc(Cl)cc(Cl)c1)c1ccc(Cl)cc1. The second-order valence-corrected chi connectivity index (χ2v) is 6.00. The van der Waals surface area contributed by atoms with Crippen LogP contribution >= 0.6 is 34.8 Å². The van der Waals surface area contributed by atoms with Crippen molar-refractivity contribution in [2.45, 2.75) is 12.8 Å². The second kappa shape index (κ2) is 8.34. The Labute approximate surface area is 149 Å². The lowest BCUT2D eigenvalue weighted by Crippen LogP contribution is -2.17. The molecule has 0 heterocycles. The van der Waals surface area contributed by atoms with E-state index in [9.17, 15) is 4.79 Å². The van der Waals surface area contributed by atoms with E-state index in [0.717, 1.165) is 5.56 Å². The zero-order valence-electron chi connectivity index (χ0n) is 12.3. The first-order valence-corrected chi connectivity index (χ1v) is 8.05. The Balaban J connectivity index is 2.31. The third-order valence-electron chi connectivity index (χ3n) is 2.99. The largest absolute Gasteiger partial charge is 0.465 e. The van der Waals surface area contributed by atoms with E-state index in [1.54, 1.807) is 49.4 Å². The predicted octanol–water partition coefficient (Wildman–Crippen LogP) is 5.70. The van der Waals surface area contributed by atoms with Crippen molar-refractivity contribution in [2.24, 2.45) is 4.99 Å². The molecule has 0 N–H and O–H groups in total. The van der Waals surface area contributed by atoms with Gasteiger partial charge in [0.25, 0.3) is 0 Å². The Morgan fingerprint density at radius 1 is 1.09 bits per heavy atom. The number of esters is 1. The number of ether oxygens (including phenoxy) is 1. The van der Waals surface area contributed by atoms with Crippen LogP contribution in [0.15, 0.2) is 47.5 Å². The van der Waals surface area contributed by atoms with Crippen LogP contribution in [0, 0.1) is 0 Å². The highest BCUT2D eigenvalue weighted by Crippen LogP contribution is 2.26. The van der Waals surface area contributed by atoms with Gasteiger partial charge in [-0.3, -0.25) is 9.79 Å². The first-order valence-electron chi connectivity index (χ1n) is 6.92. The van der Waals surface area contributed by atoms with Crippen molar-refractivity contribution in [3.8, 4) is 0 Å². The molecule has 0 amide bonds. The molecule has 0 spiro atoms. The van der Waals surface area contributed by atoms with E-state index >= 15 is 0 Å². The number of hydrogen-bond acceptors (Lipinski definition) is 3. The van der Waals surface area contributed by atoms with E-state index in [4.69, 9.17) is 39.5 Å². The molecule has 0 bridgehead atoms. The Hall–Kier alpha value is -1.55. The van der Waals surface area contributed by atoms with E-state index in [1.807, 2.05) is 0 Å². The smallest absolute Gasteiger partial charge is 0.318 e. The van der Waals surface area contributed by atoms with Gasteiger partial charge in [-0.1, -0.05) is 46.9 Å². The Morgan fingerprint density at radius 3 is 2.26 bits per heavy atom. The first-order chi connectivity index (χ1) is 11.0. The van der Waals surface area contributed by atoms with E-state index in [2.05, 4.69) is 4.99 Å². The molecular weight excluding hydrogens is 357 g/mol. The molecule has 0 radical (unpaired) electrons. The maximum Gasteiger partial charge on any atom is 0.318 e. The molecular formula is C17H14Cl3NO2. The van der Waals surface area contributed by atoms with Gasteiger partial charge < -0.3 is 4.74 Å². The standard InChI is InChI=1S/C17H14Cl3NO2/c1-2-23-17(22)16(11-3-5-12(18)6-4-11)10-21-15-8-13(19)7-14(20)9-15/h3-10,16H,2H2,1H3. The molecule has 0 aliphatic heterocycles. The van der Waals surface area contributed by atoms with E-state index < -0.39 is 5.92 Å². The van der Waals surface area contributed by atoms with Crippen LogP contribution in [0.25, 0.3) is 0 Å². The molecule has 0 aliphatic carbocycles. The summed E-state index contributed by atoms with van der Waals surface area (Å²) in [6.45, 7) is 2.05. The highest BCUT2D eigenvalue weighted by molar-refractivity contribution is 6.35. The van der Waals surface area contributed by atoms with Crippen LogP contribution in [0.1, 0.15) is 18.4 Å². The van der Waals surface area contributed by atoms with Crippen molar-refractivity contribution in [3.63, 3.8) is 0 Å². The summed E-state index contributed by atoms with van der Waals surface area (Å²) in [5.74, 6) is -1.02. The van der Waals surface area contributed by atoms with Gasteiger partial charge in [-0.05, 0) is 42.8 Å². The second-order valence-electron chi connectivity index (χ2n) is 4.69. The molecule has 2 aromatic rings. The zero-order valence-corrected chi connectivity index (χ0v) is 14.6. The third kappa shape index (κ3) is 5.24. The van der Waals surface area contributed by atoms with Gasteiger partial charge in [0.1, 0.15) is 5.92 Å². The molecule has 0 fully saturated rings. The summed E-state index contributed by atoms with van der Waals surface area (Å²) in [7, 11) is 0. The zero-order chi connectivity index (χ0) is 16.8. The van der Waals surface area contributed by atoms with Gasteiger partial charge in [-0.2, -0.15) is 0 Å². The average Bonchev–Trinajstić information content (AvgIpc) is 2.48. The molecule has 0 aromatic heterocycles. The summed E-state index contributed by atoms with van der Waals surface area (Å²) in [5.41, 5.74) is 1.30. The number of benzene rings is 2. The predicted molar refractivity (Wildman–Crippen MR) is 95.4 cm³/mol. The lowest BCUT2D eigenvalue weighted by atomic mass is 10.0. The summed E-state index contributed by atoms with van der Waals surface area (Å²) >= 11 is 17.8. The molecule has 2 aromatic carbocycles. The van der Waals surface area contributed by atoms with E-state index in [0.29, 0.717) is 27.4 Å². The number of aliphatic imine (C=N–C) groups is 1. The van der Waals surface area contributed by atoms with Gasteiger partial charge in [-0.15, -0.1) is 0 Å². The minimum absolute atomic E-state index is 0.291. The minimum atomic E-state index is -0.634. The fraction of sp³-hybridized carbons (Fsp3) is 0.176. The maximum atomic E-state index is 12.2. The number of halogens is 3. The summed E-state index contributed by atoms with van der Waals surface area (Å²) in [4.78, 5) is 16.5. The van der Waals surface area contributed by atoms with E-state index in [-0.39, 0.29) is 5.97 Å². The molecule has 1 unspecified atom stereocenters. The van der Waals surface area contributed by atoms with Crippen molar-refractivity contribution >= 4 is 52.7 Å². The lowest BCUT2D eigenvalue weighted by molar-refractivity contribution is -0.143. The minimum Gasteiger partial charge on any atom is -0.465 e. The topological polar surface area (TPSA) is 38.7 Å². The summed E-state index contributed by atoms with van der Waals surface area (Å²) in [5, 5.41) is 1.54. The van der Waals surface area contributed by atoms with E-state index in [1.165, 1.54) is 6.21 Å². The molecule has 6 heteroatoms. The molecule has 0 aliphatic rings. The molecule has 0 saturated heterocycles. The highest BCUT2D eigenvalue weighted by atomic mass is 35.5. The first kappa shape index (κ1) is 17.8. The normalized spacial score (nSPS) is 12.3. The fourth-order valence-electron chi connectivity index (χ4n) is 1.96. The molecule has 0 saturated carbocycles. The highest BCUT2D eigenvalue weighted by Gasteiger charge is 2.20. The molecule has 3 nitrogen and oxygen atoms in total. The lowest BCUT2D eigenvalue weighted by Gasteiger charge is -2.11. The third-order valence-corrected chi connectivity index (χ3v) is 3.68. The molecule has 1 atom stereocenters. The van der Waals surface area contributed by atoms with Crippen molar-refractivity contribution in [1.82, 2.24) is 0 Å². The molecule has 120 valence electrons. The van der Waals surface area contributed by atoms with Crippen molar-refractivity contribution in [1.29, 1.82) is 0 Å². The van der Waals surface area contributed by atoms with Crippen LogP contribution < -0.4 is 0 Å². The monoisotopic (exact) mass is 369 g/mol. The quantitative estimate of drug-likeness (QED) is 0.500. The maximum absolute atomic E-state index is 12.2. The number of nitrogens with zero attached hydrogens (tertiary/aromatic N) is 1. The Bertz CT molecular complexity index is 694. The fourth-order valence-corrected chi connectivity index (χ4v) is 2.60. The van der Waals surface area contributed by atoms with Crippen molar-refractivity contribution in [2.75, 3.05) is 6.61 Å². The number of hydrogen-bond donors (Lipinski definition) is 0. The van der Waals surface area contributed by atoms with Crippen LogP contribution in [0.4, 0.5) is 5.69 Å². The van der Waals surface area contributed by atoms with Crippen LogP contribution in [0.2, 0.25) is 15.1 Å². The van der Waals surface area contributed by atoms with Crippen molar-refractivity contribution in [3.05, 3.63) is 63.1 Å². The summed E-state index contributed by atoms with van der Waals surface area (Å²) in [6, 6.07) is 11.9. The van der Waals surface area contributed by atoms with Crippen LogP contribution in [0.3, 0.4) is 0 Å². The van der Waals surface area contributed by atoms with Crippen molar-refractivity contribution < 1.29 is 9.53 Å². The average molecular weight is 371 g/mol. The number of carbonyl (C=O) groups is 1. The molecule has 2 rings (SSSR count). The Kier molecular flexibility index (Phi) is 6.46. The molecule has 23 heavy (non-hydrogen) atoms. The van der Waals surface area contributed by atoms with Gasteiger partial charge in [-0.25, -0.2) is 0 Å². The van der Waals surface area contributed by atoms with Crippen LogP contribution in [0.5, 0.6) is 0 Å². The van der Waals surface area contributed by atoms with Gasteiger partial charge in [0.15, 0.2) is 0 Å². The van der Waals surface area contributed by atoms with Gasteiger partial charge in [0.2, 0.25) is 0 Å².